The van der Waals surface area contributed by atoms with E-state index < -0.39 is 0 Å². The van der Waals surface area contributed by atoms with Crippen LogP contribution in [-0.4, -0.2) is 17.7 Å². The molecule has 0 aromatic heterocycles. The summed E-state index contributed by atoms with van der Waals surface area (Å²) in [7, 11) is 0. The van der Waals surface area contributed by atoms with Gasteiger partial charge in [-0.15, -0.1) is 0 Å². The first kappa shape index (κ1) is 17.2. The number of hydrogen-bond donors (Lipinski definition) is 1. The van der Waals surface area contributed by atoms with Gasteiger partial charge in [-0.3, -0.25) is 0 Å². The molecule has 0 saturated carbocycles. The van der Waals surface area contributed by atoms with E-state index in [4.69, 9.17) is 0 Å². The van der Waals surface area contributed by atoms with Gasteiger partial charge in [-0.25, -0.2) is 0 Å². The summed E-state index contributed by atoms with van der Waals surface area (Å²) in [5.41, 5.74) is 3.45. The second-order valence-corrected chi connectivity index (χ2v) is 8.79. The lowest BCUT2D eigenvalue weighted by Gasteiger charge is -2.32. The van der Waals surface area contributed by atoms with Crippen molar-refractivity contribution in [3.63, 3.8) is 0 Å². The number of benzene rings is 1. The van der Waals surface area contributed by atoms with Crippen LogP contribution in [0.4, 0.5) is 5.69 Å². The maximum atomic E-state index is 10.9. The van der Waals surface area contributed by atoms with Crippen molar-refractivity contribution < 1.29 is 5.11 Å². The molecule has 1 aromatic carbocycles. The zero-order chi connectivity index (χ0) is 16.7. The summed E-state index contributed by atoms with van der Waals surface area (Å²) in [4.78, 5) is 2.43. The average Bonchev–Trinajstić information content (AvgIpc) is 2.84. The third kappa shape index (κ3) is 3.26. The van der Waals surface area contributed by atoms with Gasteiger partial charge in [0.15, 0.2) is 0 Å². The third-order valence-electron chi connectivity index (χ3n) is 4.92. The first-order chi connectivity index (χ1) is 10.1. The van der Waals surface area contributed by atoms with Gasteiger partial charge < -0.3 is 10.0 Å². The molecule has 2 nitrogen and oxygen atoms in total. The molecule has 1 aliphatic heterocycles. The van der Waals surface area contributed by atoms with Crippen molar-refractivity contribution in [3.05, 3.63) is 23.3 Å². The predicted molar refractivity (Wildman–Crippen MR) is 96.2 cm³/mol. The second kappa shape index (κ2) is 5.79. The molecular weight excluding hydrogens is 270 g/mol. The molecule has 2 rings (SSSR count). The Labute approximate surface area is 136 Å². The minimum absolute atomic E-state index is 0.0540. The normalized spacial score (nSPS) is 19.8. The van der Waals surface area contributed by atoms with Crippen LogP contribution < -0.4 is 4.90 Å². The van der Waals surface area contributed by atoms with E-state index in [-0.39, 0.29) is 10.8 Å². The van der Waals surface area contributed by atoms with Gasteiger partial charge >= 0.3 is 0 Å². The Balaban J connectivity index is 2.62. The summed E-state index contributed by atoms with van der Waals surface area (Å²) in [5, 5.41) is 10.9. The average molecular weight is 303 g/mol. The SMILES string of the molecule is CCC1CCCN1c1cc(C(C)(C)C)cc(C(C)(C)C)c1O. The van der Waals surface area contributed by atoms with Gasteiger partial charge in [0, 0.05) is 18.2 Å². The van der Waals surface area contributed by atoms with E-state index in [9.17, 15) is 5.11 Å². The van der Waals surface area contributed by atoms with Crippen LogP contribution in [0.2, 0.25) is 0 Å². The largest absolute Gasteiger partial charge is 0.505 e. The Morgan fingerprint density at radius 1 is 1.09 bits per heavy atom. The predicted octanol–water partition coefficient (Wildman–Crippen LogP) is 5.37. The summed E-state index contributed by atoms with van der Waals surface area (Å²) >= 11 is 0. The molecule has 1 aromatic rings. The molecule has 124 valence electrons. The summed E-state index contributed by atoms with van der Waals surface area (Å²) in [6, 6.07) is 4.99. The number of phenols is 1. The van der Waals surface area contributed by atoms with E-state index in [1.807, 2.05) is 0 Å². The van der Waals surface area contributed by atoms with Crippen LogP contribution in [0.15, 0.2) is 12.1 Å². The van der Waals surface area contributed by atoms with Crippen LogP contribution in [0.5, 0.6) is 5.75 Å². The van der Waals surface area contributed by atoms with Crippen molar-refractivity contribution in [2.45, 2.75) is 84.6 Å². The van der Waals surface area contributed by atoms with Crippen molar-refractivity contribution in [2.75, 3.05) is 11.4 Å². The Hall–Kier alpha value is -1.18. The number of aromatic hydroxyl groups is 1. The van der Waals surface area contributed by atoms with E-state index in [2.05, 4.69) is 65.5 Å². The Bertz CT molecular complexity index is 534. The zero-order valence-electron chi connectivity index (χ0n) is 15.5. The number of hydrogen-bond acceptors (Lipinski definition) is 2. The Morgan fingerprint density at radius 3 is 2.23 bits per heavy atom. The molecule has 1 fully saturated rings. The van der Waals surface area contributed by atoms with Gasteiger partial charge in [-0.05, 0) is 41.7 Å². The highest BCUT2D eigenvalue weighted by Crippen LogP contribution is 2.43. The molecule has 1 heterocycles. The van der Waals surface area contributed by atoms with Crippen LogP contribution in [0.3, 0.4) is 0 Å². The van der Waals surface area contributed by atoms with Crippen molar-refractivity contribution in [1.82, 2.24) is 0 Å². The number of anilines is 1. The minimum Gasteiger partial charge on any atom is -0.505 e. The van der Waals surface area contributed by atoms with E-state index in [1.54, 1.807) is 0 Å². The fraction of sp³-hybridized carbons (Fsp3) is 0.700. The molecule has 0 spiro atoms. The standard InChI is InChI=1S/C20H33NO/c1-8-15-10-9-11-21(15)17-13-14(19(2,3)4)12-16(18(17)22)20(5,6)7/h12-13,15,22H,8-11H2,1-7H3. The number of rotatable bonds is 2. The van der Waals surface area contributed by atoms with Crippen LogP contribution in [0, 0.1) is 0 Å². The van der Waals surface area contributed by atoms with Crippen molar-refractivity contribution in [3.8, 4) is 5.75 Å². The van der Waals surface area contributed by atoms with Crippen LogP contribution in [0.25, 0.3) is 0 Å². The molecular formula is C20H33NO. The Kier molecular flexibility index (Phi) is 4.52. The van der Waals surface area contributed by atoms with Gasteiger partial charge in [0.1, 0.15) is 5.75 Å². The highest BCUT2D eigenvalue weighted by molar-refractivity contribution is 5.66. The van der Waals surface area contributed by atoms with E-state index in [0.717, 1.165) is 24.2 Å². The third-order valence-corrected chi connectivity index (χ3v) is 4.92. The zero-order valence-corrected chi connectivity index (χ0v) is 15.5. The number of nitrogens with zero attached hydrogens (tertiary/aromatic N) is 1. The summed E-state index contributed by atoms with van der Waals surface area (Å²) in [6.45, 7) is 16.6. The monoisotopic (exact) mass is 303 g/mol. The lowest BCUT2D eigenvalue weighted by atomic mass is 9.79. The first-order valence-corrected chi connectivity index (χ1v) is 8.70. The molecule has 1 aliphatic rings. The topological polar surface area (TPSA) is 23.5 Å². The van der Waals surface area contributed by atoms with Crippen molar-refractivity contribution >= 4 is 5.69 Å². The van der Waals surface area contributed by atoms with Gasteiger partial charge in [0.2, 0.25) is 0 Å². The summed E-state index contributed by atoms with van der Waals surface area (Å²) in [5.74, 6) is 0.487. The van der Waals surface area contributed by atoms with Gasteiger partial charge in [0.05, 0.1) is 5.69 Å². The van der Waals surface area contributed by atoms with Crippen LogP contribution >= 0.6 is 0 Å². The molecule has 0 radical (unpaired) electrons. The molecule has 22 heavy (non-hydrogen) atoms. The maximum Gasteiger partial charge on any atom is 0.142 e. The van der Waals surface area contributed by atoms with Crippen LogP contribution in [0.1, 0.15) is 78.9 Å². The maximum absolute atomic E-state index is 10.9. The first-order valence-electron chi connectivity index (χ1n) is 8.70. The molecule has 0 bridgehead atoms. The molecule has 1 atom stereocenters. The van der Waals surface area contributed by atoms with Crippen LogP contribution in [-0.2, 0) is 10.8 Å². The Morgan fingerprint density at radius 2 is 1.73 bits per heavy atom. The fourth-order valence-corrected chi connectivity index (χ4v) is 3.42. The molecule has 0 aliphatic carbocycles. The molecule has 2 heteroatoms. The molecule has 1 N–H and O–H groups in total. The fourth-order valence-electron chi connectivity index (χ4n) is 3.42. The second-order valence-electron chi connectivity index (χ2n) is 8.79. The van der Waals surface area contributed by atoms with E-state index in [1.165, 1.54) is 18.4 Å². The minimum atomic E-state index is -0.0540. The summed E-state index contributed by atoms with van der Waals surface area (Å²) in [6.07, 6.45) is 3.60. The summed E-state index contributed by atoms with van der Waals surface area (Å²) < 4.78 is 0. The van der Waals surface area contributed by atoms with Gasteiger partial charge in [-0.1, -0.05) is 54.5 Å². The lowest BCUT2D eigenvalue weighted by Crippen LogP contribution is -2.29. The highest BCUT2D eigenvalue weighted by atomic mass is 16.3. The van der Waals surface area contributed by atoms with Gasteiger partial charge in [-0.2, -0.15) is 0 Å². The van der Waals surface area contributed by atoms with Gasteiger partial charge in [0.25, 0.3) is 0 Å². The molecule has 0 amide bonds. The van der Waals surface area contributed by atoms with E-state index in [0.29, 0.717) is 11.8 Å². The smallest absolute Gasteiger partial charge is 0.142 e. The molecule has 1 unspecified atom stereocenters. The quantitative estimate of drug-likeness (QED) is 0.794. The van der Waals surface area contributed by atoms with Crippen molar-refractivity contribution in [2.24, 2.45) is 0 Å². The number of phenolic OH excluding ortho intramolecular Hbond substituents is 1. The molecule has 1 saturated heterocycles. The highest BCUT2D eigenvalue weighted by Gasteiger charge is 2.30. The van der Waals surface area contributed by atoms with Crippen molar-refractivity contribution in [1.29, 1.82) is 0 Å². The van der Waals surface area contributed by atoms with E-state index >= 15 is 0 Å². The lowest BCUT2D eigenvalue weighted by molar-refractivity contribution is 0.442.